The summed E-state index contributed by atoms with van der Waals surface area (Å²) in [5.74, 6) is 2.24. The van der Waals surface area contributed by atoms with E-state index in [0.29, 0.717) is 42.1 Å². The highest BCUT2D eigenvalue weighted by molar-refractivity contribution is 5.63. The second-order valence-electron chi connectivity index (χ2n) is 6.90. The quantitative estimate of drug-likeness (QED) is 0.530. The Bertz CT molecular complexity index is 1180. The van der Waals surface area contributed by atoms with Crippen LogP contribution in [0.1, 0.15) is 17.4 Å². The number of aromatic nitrogens is 4. The Morgan fingerprint density at radius 2 is 1.86 bits per heavy atom. The van der Waals surface area contributed by atoms with E-state index in [2.05, 4.69) is 27.4 Å². The predicted octanol–water partition coefficient (Wildman–Crippen LogP) is 3.60. The Morgan fingerprint density at radius 3 is 2.79 bits per heavy atom. The van der Waals surface area contributed by atoms with E-state index in [4.69, 9.17) is 18.7 Å². The second-order valence-corrected chi connectivity index (χ2v) is 6.90. The van der Waals surface area contributed by atoms with Gasteiger partial charge < -0.3 is 18.7 Å². The van der Waals surface area contributed by atoms with Crippen molar-refractivity contribution >= 4 is 0 Å². The molecular formula is C21H16N4O4. The van der Waals surface area contributed by atoms with Gasteiger partial charge in [0.05, 0.1) is 18.8 Å². The van der Waals surface area contributed by atoms with Crippen LogP contribution in [-0.4, -0.2) is 26.7 Å². The third-order valence-electron chi connectivity index (χ3n) is 5.08. The number of hydrogen-bond donors (Lipinski definition) is 0. The van der Waals surface area contributed by atoms with Gasteiger partial charge in [-0.05, 0) is 29.8 Å². The van der Waals surface area contributed by atoms with Crippen molar-refractivity contribution in [2.75, 3.05) is 6.79 Å². The molecule has 0 saturated heterocycles. The number of hydrogen-bond acceptors (Lipinski definition) is 7. The molecule has 0 amide bonds. The highest BCUT2D eigenvalue weighted by Crippen LogP contribution is 2.35. The smallest absolute Gasteiger partial charge is 0.278 e. The average Bonchev–Trinajstić information content (AvgIpc) is 3.51. The summed E-state index contributed by atoms with van der Waals surface area (Å²) in [4.78, 5) is 4.51. The molecule has 2 aromatic carbocycles. The van der Waals surface area contributed by atoms with Gasteiger partial charge in [0.25, 0.3) is 5.89 Å². The van der Waals surface area contributed by atoms with Crippen molar-refractivity contribution in [2.45, 2.75) is 19.3 Å². The van der Waals surface area contributed by atoms with Crippen LogP contribution < -0.4 is 9.47 Å². The lowest BCUT2D eigenvalue weighted by molar-refractivity contribution is -0.00113. The summed E-state index contributed by atoms with van der Waals surface area (Å²) in [6, 6.07) is 17.6. The van der Waals surface area contributed by atoms with E-state index >= 15 is 0 Å². The zero-order valence-electron chi connectivity index (χ0n) is 15.3. The molecule has 1 atom stereocenters. The zero-order chi connectivity index (χ0) is 19.2. The van der Waals surface area contributed by atoms with E-state index in [1.165, 1.54) is 0 Å². The molecule has 4 aromatic rings. The fraction of sp³-hybridized carbons (Fsp3) is 0.190. The number of ether oxygens (including phenoxy) is 3. The van der Waals surface area contributed by atoms with Crippen LogP contribution >= 0.6 is 0 Å². The van der Waals surface area contributed by atoms with Crippen LogP contribution in [0.25, 0.3) is 23.0 Å². The first-order valence-corrected chi connectivity index (χ1v) is 9.31. The summed E-state index contributed by atoms with van der Waals surface area (Å²) in [5.41, 5.74) is 3.55. The van der Waals surface area contributed by atoms with Crippen molar-refractivity contribution in [3.8, 4) is 34.5 Å². The first-order valence-electron chi connectivity index (χ1n) is 9.31. The summed E-state index contributed by atoms with van der Waals surface area (Å²) in [6.45, 7) is 1.35. The molecule has 0 radical (unpaired) electrons. The van der Waals surface area contributed by atoms with Gasteiger partial charge >= 0.3 is 0 Å². The Morgan fingerprint density at radius 1 is 0.966 bits per heavy atom. The fourth-order valence-corrected chi connectivity index (χ4v) is 3.58. The SMILES string of the molecule is c1ccc(C2Cn3nc(-c4nc(-c5ccc6c(c5)OCO6)no4)cc3CO2)cc1. The Labute approximate surface area is 165 Å². The molecule has 144 valence electrons. The highest BCUT2D eigenvalue weighted by Gasteiger charge is 2.24. The summed E-state index contributed by atoms with van der Waals surface area (Å²) in [5, 5.41) is 8.75. The van der Waals surface area contributed by atoms with Crippen LogP contribution in [0.5, 0.6) is 11.5 Å². The maximum absolute atomic E-state index is 6.00. The largest absolute Gasteiger partial charge is 0.454 e. The molecule has 0 bridgehead atoms. The van der Waals surface area contributed by atoms with Gasteiger partial charge in [-0.2, -0.15) is 10.1 Å². The molecule has 1 unspecified atom stereocenters. The maximum Gasteiger partial charge on any atom is 0.278 e. The van der Waals surface area contributed by atoms with E-state index in [-0.39, 0.29) is 12.9 Å². The Balaban J connectivity index is 1.27. The fourth-order valence-electron chi connectivity index (χ4n) is 3.58. The molecule has 8 nitrogen and oxygen atoms in total. The van der Waals surface area contributed by atoms with Gasteiger partial charge in [-0.1, -0.05) is 35.5 Å². The average molecular weight is 388 g/mol. The molecule has 0 saturated carbocycles. The van der Waals surface area contributed by atoms with Gasteiger partial charge in [0.1, 0.15) is 6.10 Å². The molecule has 2 aromatic heterocycles. The van der Waals surface area contributed by atoms with Crippen LogP contribution in [0.4, 0.5) is 0 Å². The van der Waals surface area contributed by atoms with Crippen LogP contribution in [0, 0.1) is 0 Å². The van der Waals surface area contributed by atoms with E-state index in [1.54, 1.807) is 0 Å². The molecule has 2 aliphatic heterocycles. The normalized spacial score (nSPS) is 17.3. The first kappa shape index (κ1) is 16.3. The molecule has 0 spiro atoms. The monoisotopic (exact) mass is 388 g/mol. The first-order chi connectivity index (χ1) is 14.3. The lowest BCUT2D eigenvalue weighted by atomic mass is 10.1. The molecule has 6 rings (SSSR count). The lowest BCUT2D eigenvalue weighted by Gasteiger charge is -2.24. The predicted molar refractivity (Wildman–Crippen MR) is 101 cm³/mol. The van der Waals surface area contributed by atoms with E-state index in [0.717, 1.165) is 16.8 Å². The van der Waals surface area contributed by atoms with Crippen molar-refractivity contribution in [1.29, 1.82) is 0 Å². The summed E-state index contributed by atoms with van der Waals surface area (Å²) >= 11 is 0. The number of rotatable bonds is 3. The van der Waals surface area contributed by atoms with Crippen molar-refractivity contribution in [3.63, 3.8) is 0 Å². The summed E-state index contributed by atoms with van der Waals surface area (Å²) in [7, 11) is 0. The second kappa shape index (κ2) is 6.46. The zero-order valence-corrected chi connectivity index (χ0v) is 15.3. The molecule has 4 heterocycles. The van der Waals surface area contributed by atoms with E-state index in [1.807, 2.05) is 47.1 Å². The van der Waals surface area contributed by atoms with Gasteiger partial charge in [-0.25, -0.2) is 0 Å². The molecule has 0 N–H and O–H groups in total. The van der Waals surface area contributed by atoms with Crippen LogP contribution in [0.2, 0.25) is 0 Å². The van der Waals surface area contributed by atoms with E-state index < -0.39 is 0 Å². The molecule has 29 heavy (non-hydrogen) atoms. The molecule has 2 aliphatic rings. The molecular weight excluding hydrogens is 372 g/mol. The minimum absolute atomic E-state index is 0.0247. The topological polar surface area (TPSA) is 84.4 Å². The van der Waals surface area contributed by atoms with E-state index in [9.17, 15) is 0 Å². The summed E-state index contributed by atoms with van der Waals surface area (Å²) in [6.07, 6.45) is -0.0247. The number of benzene rings is 2. The van der Waals surface area contributed by atoms with Crippen LogP contribution in [0.3, 0.4) is 0 Å². The van der Waals surface area contributed by atoms with Crippen molar-refractivity contribution in [3.05, 3.63) is 65.9 Å². The van der Waals surface area contributed by atoms with Crippen LogP contribution in [-0.2, 0) is 17.9 Å². The number of fused-ring (bicyclic) bond motifs is 2. The highest BCUT2D eigenvalue weighted by atomic mass is 16.7. The standard InChI is InChI=1S/C21H16N4O4/c1-2-4-13(5-3-1)19-10-25-15(11-26-19)9-16(23-25)21-22-20(24-29-21)14-6-7-17-18(8-14)28-12-27-17/h1-9,19H,10-12H2. The van der Waals surface area contributed by atoms with Crippen molar-refractivity contribution in [1.82, 2.24) is 19.9 Å². The Kier molecular flexibility index (Phi) is 3.63. The molecule has 8 heteroatoms. The molecule has 0 aliphatic carbocycles. The number of nitrogens with zero attached hydrogens (tertiary/aromatic N) is 4. The minimum atomic E-state index is -0.0247. The van der Waals surface area contributed by atoms with Gasteiger partial charge in [-0.15, -0.1) is 0 Å². The summed E-state index contributed by atoms with van der Waals surface area (Å²) < 4.78 is 24.2. The maximum atomic E-state index is 6.00. The van der Waals surface area contributed by atoms with Gasteiger partial charge in [0.2, 0.25) is 12.6 Å². The van der Waals surface area contributed by atoms with Gasteiger partial charge in [0, 0.05) is 5.56 Å². The Hall–Kier alpha value is -3.65. The van der Waals surface area contributed by atoms with Crippen molar-refractivity contribution in [2.24, 2.45) is 0 Å². The molecule has 0 fully saturated rings. The van der Waals surface area contributed by atoms with Crippen molar-refractivity contribution < 1.29 is 18.7 Å². The third-order valence-corrected chi connectivity index (χ3v) is 5.08. The third kappa shape index (κ3) is 2.85. The van der Waals surface area contributed by atoms with Gasteiger partial charge in [0.15, 0.2) is 17.2 Å². The lowest BCUT2D eigenvalue weighted by Crippen LogP contribution is -2.21. The van der Waals surface area contributed by atoms with Gasteiger partial charge in [-0.3, -0.25) is 4.68 Å². The minimum Gasteiger partial charge on any atom is -0.454 e. The van der Waals surface area contributed by atoms with Crippen LogP contribution in [0.15, 0.2) is 59.1 Å².